The number of ether oxygens (including phenoxy) is 2. The molecule has 164 valence electrons. The van der Waals surface area contributed by atoms with Crippen LogP contribution < -0.4 is 20.1 Å². The van der Waals surface area contributed by atoms with E-state index in [2.05, 4.69) is 10.6 Å². The van der Waals surface area contributed by atoms with Gasteiger partial charge in [-0.3, -0.25) is 9.59 Å². The Morgan fingerprint density at radius 1 is 1.16 bits per heavy atom. The van der Waals surface area contributed by atoms with Gasteiger partial charge in [0.1, 0.15) is 23.5 Å². The first-order chi connectivity index (χ1) is 14.9. The third-order valence-corrected chi connectivity index (χ3v) is 6.20. The summed E-state index contributed by atoms with van der Waals surface area (Å²) in [5.74, 6) is 0.253. The Morgan fingerprint density at radius 2 is 1.90 bits per heavy atom. The minimum Gasteiger partial charge on any atom is -0.493 e. The van der Waals surface area contributed by atoms with E-state index in [0.29, 0.717) is 23.8 Å². The average molecular weight is 447 g/mol. The molecule has 5 rings (SSSR count). The van der Waals surface area contributed by atoms with Crippen LogP contribution in [-0.4, -0.2) is 25.0 Å². The summed E-state index contributed by atoms with van der Waals surface area (Å²) in [6, 6.07) is 11.2. The minimum atomic E-state index is -0.776. The van der Waals surface area contributed by atoms with E-state index in [9.17, 15) is 14.0 Å². The molecule has 2 aromatic rings. The first-order valence-corrected chi connectivity index (χ1v) is 10.7. The van der Waals surface area contributed by atoms with Crippen molar-refractivity contribution in [1.29, 1.82) is 0 Å². The molecule has 31 heavy (non-hydrogen) atoms. The van der Waals surface area contributed by atoms with Crippen molar-refractivity contribution in [3.8, 4) is 11.5 Å². The Morgan fingerprint density at radius 3 is 2.55 bits per heavy atom. The SMILES string of the molecule is CCOc1ccccc1C(NC(=O)COc1ccc(Cl)c(F)c1)NC(=O)C12CC(C1)C2. The van der Waals surface area contributed by atoms with Crippen LogP contribution in [0.25, 0.3) is 0 Å². The van der Waals surface area contributed by atoms with Crippen LogP contribution >= 0.6 is 11.6 Å². The van der Waals surface area contributed by atoms with E-state index < -0.39 is 17.9 Å². The molecule has 3 aliphatic carbocycles. The average Bonchev–Trinajstić information content (AvgIpc) is 2.67. The second-order valence-corrected chi connectivity index (χ2v) is 8.48. The number of rotatable bonds is 9. The summed E-state index contributed by atoms with van der Waals surface area (Å²) in [6.07, 6.45) is 1.93. The second-order valence-electron chi connectivity index (χ2n) is 8.07. The summed E-state index contributed by atoms with van der Waals surface area (Å²) in [4.78, 5) is 25.5. The molecule has 2 N–H and O–H groups in total. The highest BCUT2D eigenvalue weighted by molar-refractivity contribution is 6.30. The molecule has 0 aromatic heterocycles. The molecule has 3 saturated carbocycles. The molecule has 0 aliphatic heterocycles. The van der Waals surface area contributed by atoms with Gasteiger partial charge in [0.2, 0.25) is 5.91 Å². The van der Waals surface area contributed by atoms with Crippen LogP contribution in [0, 0.1) is 17.2 Å². The van der Waals surface area contributed by atoms with Gasteiger partial charge in [-0.2, -0.15) is 0 Å². The number of amides is 2. The monoisotopic (exact) mass is 446 g/mol. The molecular weight excluding hydrogens is 423 g/mol. The molecule has 0 heterocycles. The number of nitrogens with one attached hydrogen (secondary N) is 2. The topological polar surface area (TPSA) is 76.7 Å². The number of para-hydroxylation sites is 1. The Balaban J connectivity index is 1.46. The highest BCUT2D eigenvalue weighted by atomic mass is 35.5. The normalized spacial score (nSPS) is 21.8. The zero-order valence-electron chi connectivity index (χ0n) is 17.1. The number of carbonyl (C=O) groups is 2. The number of hydrogen-bond acceptors (Lipinski definition) is 4. The molecule has 3 aliphatic rings. The smallest absolute Gasteiger partial charge is 0.259 e. The standard InChI is InChI=1S/C23H24ClFN2O4/c1-2-30-19-6-4-3-5-16(19)21(27-22(29)23-10-14(11-23)12-23)26-20(28)13-31-15-7-8-17(24)18(25)9-15/h3-9,14,21H,2,10-13H2,1H3,(H,26,28)(H,27,29). The molecule has 1 atom stereocenters. The maximum Gasteiger partial charge on any atom is 0.259 e. The Kier molecular flexibility index (Phi) is 6.05. The highest BCUT2D eigenvalue weighted by Crippen LogP contribution is 2.64. The maximum absolute atomic E-state index is 13.6. The molecule has 2 aromatic carbocycles. The zero-order valence-corrected chi connectivity index (χ0v) is 17.9. The molecule has 3 fully saturated rings. The molecule has 6 nitrogen and oxygen atoms in total. The quantitative estimate of drug-likeness (QED) is 0.571. The Bertz CT molecular complexity index is 982. The summed E-state index contributed by atoms with van der Waals surface area (Å²) in [5, 5.41) is 5.75. The highest BCUT2D eigenvalue weighted by Gasteiger charge is 2.61. The number of halogens is 2. The van der Waals surface area contributed by atoms with Crippen LogP contribution in [0.15, 0.2) is 42.5 Å². The zero-order chi connectivity index (χ0) is 22.0. The summed E-state index contributed by atoms with van der Waals surface area (Å²) in [7, 11) is 0. The molecular formula is C23H24ClFN2O4. The van der Waals surface area contributed by atoms with Crippen molar-refractivity contribution >= 4 is 23.4 Å². The van der Waals surface area contributed by atoms with E-state index in [1.54, 1.807) is 12.1 Å². The summed E-state index contributed by atoms with van der Waals surface area (Å²) in [6.45, 7) is 1.96. The number of benzene rings is 2. The molecule has 2 amide bonds. The van der Waals surface area contributed by atoms with Gasteiger partial charge in [-0.15, -0.1) is 0 Å². The fourth-order valence-corrected chi connectivity index (χ4v) is 4.27. The van der Waals surface area contributed by atoms with Crippen LogP contribution in [0.4, 0.5) is 4.39 Å². The third kappa shape index (κ3) is 4.46. The molecule has 0 saturated heterocycles. The van der Waals surface area contributed by atoms with Gasteiger partial charge in [0.15, 0.2) is 6.61 Å². The van der Waals surface area contributed by atoms with Gasteiger partial charge in [0.25, 0.3) is 5.91 Å². The second kappa shape index (κ2) is 8.75. The molecule has 2 bridgehead atoms. The van der Waals surface area contributed by atoms with E-state index in [4.69, 9.17) is 21.1 Å². The maximum atomic E-state index is 13.6. The van der Waals surface area contributed by atoms with Crippen molar-refractivity contribution in [2.75, 3.05) is 13.2 Å². The van der Waals surface area contributed by atoms with Crippen LogP contribution in [0.2, 0.25) is 5.02 Å². The van der Waals surface area contributed by atoms with Crippen molar-refractivity contribution in [1.82, 2.24) is 10.6 Å². The first-order valence-electron chi connectivity index (χ1n) is 10.3. The fraction of sp³-hybridized carbons (Fsp3) is 0.391. The van der Waals surface area contributed by atoms with Crippen LogP contribution in [0.1, 0.15) is 37.9 Å². The van der Waals surface area contributed by atoms with E-state index in [-0.39, 0.29) is 28.7 Å². The van der Waals surface area contributed by atoms with E-state index in [1.807, 2.05) is 19.1 Å². The molecule has 0 radical (unpaired) electrons. The summed E-state index contributed by atoms with van der Waals surface area (Å²) >= 11 is 5.66. The van der Waals surface area contributed by atoms with E-state index in [0.717, 1.165) is 25.3 Å². The van der Waals surface area contributed by atoms with Crippen LogP contribution in [0.5, 0.6) is 11.5 Å². The largest absolute Gasteiger partial charge is 0.493 e. The van der Waals surface area contributed by atoms with E-state index >= 15 is 0 Å². The first kappa shape index (κ1) is 21.4. The van der Waals surface area contributed by atoms with Gasteiger partial charge in [-0.25, -0.2) is 4.39 Å². The molecule has 8 heteroatoms. The van der Waals surface area contributed by atoms with Crippen molar-refractivity contribution < 1.29 is 23.5 Å². The Hall–Kier alpha value is -2.80. The molecule has 1 unspecified atom stereocenters. The Labute approximate surface area is 185 Å². The van der Waals surface area contributed by atoms with Gasteiger partial charge in [-0.1, -0.05) is 29.8 Å². The predicted molar refractivity (Wildman–Crippen MR) is 113 cm³/mol. The minimum absolute atomic E-state index is 0.0271. The predicted octanol–water partition coefficient (Wildman–Crippen LogP) is 3.99. The summed E-state index contributed by atoms with van der Waals surface area (Å²) < 4.78 is 24.6. The van der Waals surface area contributed by atoms with Gasteiger partial charge < -0.3 is 20.1 Å². The number of hydrogen-bond donors (Lipinski definition) is 2. The van der Waals surface area contributed by atoms with Crippen LogP contribution in [0.3, 0.4) is 0 Å². The van der Waals surface area contributed by atoms with Gasteiger partial charge in [-0.05, 0) is 50.3 Å². The summed E-state index contributed by atoms with van der Waals surface area (Å²) in [5.41, 5.74) is 0.348. The van der Waals surface area contributed by atoms with Gasteiger partial charge in [0, 0.05) is 11.6 Å². The van der Waals surface area contributed by atoms with Crippen molar-refractivity contribution in [2.24, 2.45) is 11.3 Å². The van der Waals surface area contributed by atoms with Crippen molar-refractivity contribution in [2.45, 2.75) is 32.4 Å². The lowest BCUT2D eigenvalue weighted by atomic mass is 9.44. The van der Waals surface area contributed by atoms with Crippen molar-refractivity contribution in [3.05, 3.63) is 58.9 Å². The number of carbonyl (C=O) groups excluding carboxylic acids is 2. The van der Waals surface area contributed by atoms with Crippen LogP contribution in [-0.2, 0) is 9.59 Å². The lowest BCUT2D eigenvalue weighted by Crippen LogP contribution is -2.61. The third-order valence-electron chi connectivity index (χ3n) is 5.89. The lowest BCUT2D eigenvalue weighted by molar-refractivity contribution is -0.166. The van der Waals surface area contributed by atoms with Crippen molar-refractivity contribution in [3.63, 3.8) is 0 Å². The van der Waals surface area contributed by atoms with Gasteiger partial charge >= 0.3 is 0 Å². The lowest BCUT2D eigenvalue weighted by Gasteiger charge is -2.60. The van der Waals surface area contributed by atoms with Gasteiger partial charge in [0.05, 0.1) is 17.0 Å². The molecule has 0 spiro atoms. The fourth-order valence-electron chi connectivity index (χ4n) is 4.16. The van der Waals surface area contributed by atoms with E-state index in [1.165, 1.54) is 12.1 Å².